The number of hydrogen-bond donors (Lipinski definition) is 0. The van der Waals surface area contributed by atoms with Crippen molar-refractivity contribution in [3.63, 3.8) is 0 Å². The highest BCUT2D eigenvalue weighted by Gasteiger charge is 2.11. The minimum Gasteiger partial charge on any atom is -0.417 e. The summed E-state index contributed by atoms with van der Waals surface area (Å²) in [4.78, 5) is 11.5. The summed E-state index contributed by atoms with van der Waals surface area (Å²) < 4.78 is 5.19. The lowest BCUT2D eigenvalue weighted by molar-refractivity contribution is -0.142. The van der Waals surface area contributed by atoms with Crippen molar-refractivity contribution in [2.75, 3.05) is 0 Å². The lowest BCUT2D eigenvalue weighted by Crippen LogP contribution is -2.11. The molecule has 0 spiro atoms. The van der Waals surface area contributed by atoms with Gasteiger partial charge in [0.2, 0.25) is 0 Å². The fourth-order valence-electron chi connectivity index (χ4n) is 0.708. The van der Waals surface area contributed by atoms with Gasteiger partial charge < -0.3 is 4.74 Å². The summed E-state index contributed by atoms with van der Waals surface area (Å²) in [7, 11) is 0. The van der Waals surface area contributed by atoms with Gasteiger partial charge >= 0.3 is 5.97 Å². The molecule has 0 aromatic rings. The molecular weight excluding hydrogens is 236 g/mol. The zero-order chi connectivity index (χ0) is 13.6. The van der Waals surface area contributed by atoms with Crippen molar-refractivity contribution in [3.05, 3.63) is 21.9 Å². The molecule has 0 aromatic carbocycles. The third-order valence-electron chi connectivity index (χ3n) is 1.85. The van der Waals surface area contributed by atoms with E-state index in [9.17, 15) is 4.79 Å². The quantitative estimate of drug-likeness (QED) is 0.423. The summed E-state index contributed by atoms with van der Waals surface area (Å²) in [5, 5.41) is 0.476. The molecule has 3 heteroatoms. The maximum Gasteiger partial charge on any atom is 0.314 e. The van der Waals surface area contributed by atoms with E-state index in [1.54, 1.807) is 13.8 Å². The van der Waals surface area contributed by atoms with Gasteiger partial charge in [0.25, 0.3) is 0 Å². The van der Waals surface area contributed by atoms with Crippen molar-refractivity contribution in [3.8, 4) is 11.8 Å². The zero-order valence-corrected chi connectivity index (χ0v) is 12.0. The topological polar surface area (TPSA) is 26.3 Å². The Morgan fingerprint density at radius 2 is 1.59 bits per heavy atom. The molecule has 0 aliphatic carbocycles. The molecule has 0 aromatic heterocycles. The van der Waals surface area contributed by atoms with Crippen LogP contribution in [0, 0.1) is 17.8 Å². The van der Waals surface area contributed by atoms with E-state index in [4.69, 9.17) is 16.3 Å². The van der Waals surface area contributed by atoms with Gasteiger partial charge in [-0.05, 0) is 50.7 Å². The summed E-state index contributed by atoms with van der Waals surface area (Å²) >= 11 is 5.91. The molecule has 0 N–H and O–H groups in total. The summed E-state index contributed by atoms with van der Waals surface area (Å²) in [5.74, 6) is 5.46. The molecule has 0 saturated heterocycles. The third kappa shape index (κ3) is 6.19. The van der Waals surface area contributed by atoms with Crippen LogP contribution in [0.5, 0.6) is 0 Å². The van der Waals surface area contributed by atoms with E-state index in [-0.39, 0.29) is 11.9 Å². The number of hydrogen-bond acceptors (Lipinski definition) is 2. The second kappa shape index (κ2) is 7.19. The lowest BCUT2D eigenvalue weighted by atomic mass is 10.2. The molecule has 94 valence electrons. The number of rotatable bonds is 2. The Kier molecular flexibility index (Phi) is 6.68. The fraction of sp³-hybridized carbons (Fsp3) is 0.500. The Bertz CT molecular complexity index is 409. The molecule has 0 radical (unpaired) electrons. The Labute approximate surface area is 109 Å². The highest BCUT2D eigenvalue weighted by Crippen LogP contribution is 2.11. The summed E-state index contributed by atoms with van der Waals surface area (Å²) in [5.41, 5.74) is 1.78. The molecule has 2 nitrogen and oxygen atoms in total. The first kappa shape index (κ1) is 15.8. The average Bonchev–Trinajstić information content (AvgIpc) is 2.22. The Balaban J connectivity index is 5.01. The lowest BCUT2D eigenvalue weighted by Gasteiger charge is -2.07. The maximum atomic E-state index is 11.5. The molecule has 0 amide bonds. The molecule has 0 aliphatic rings. The number of carbonyl (C=O) groups is 1. The normalized spacial score (nSPS) is 9.18. The van der Waals surface area contributed by atoms with Crippen molar-refractivity contribution >= 4 is 17.6 Å². The molecule has 0 rings (SSSR count). The number of esters is 1. The predicted molar refractivity (Wildman–Crippen MR) is 71.3 cm³/mol. The fourth-order valence-corrected chi connectivity index (χ4v) is 0.755. The van der Waals surface area contributed by atoms with E-state index in [0.29, 0.717) is 10.8 Å². The van der Waals surface area contributed by atoms with Crippen LogP contribution in [0.1, 0.15) is 41.5 Å². The van der Waals surface area contributed by atoms with E-state index >= 15 is 0 Å². The molecule has 17 heavy (non-hydrogen) atoms. The van der Waals surface area contributed by atoms with Crippen LogP contribution in [0.25, 0.3) is 0 Å². The second-order valence-electron chi connectivity index (χ2n) is 4.47. The van der Waals surface area contributed by atoms with Crippen molar-refractivity contribution in [2.45, 2.75) is 41.5 Å². The third-order valence-corrected chi connectivity index (χ3v) is 2.33. The van der Waals surface area contributed by atoms with Gasteiger partial charge in [-0.15, -0.1) is 0 Å². The number of halogens is 1. The SMILES string of the molecule is CC(C)=C(Cl)C#CC(OC(=O)C(C)C)=C(C)C. The van der Waals surface area contributed by atoms with E-state index in [2.05, 4.69) is 11.8 Å². The second-order valence-corrected chi connectivity index (χ2v) is 4.85. The van der Waals surface area contributed by atoms with Crippen molar-refractivity contribution in [1.82, 2.24) is 0 Å². The molecule has 0 fully saturated rings. The summed E-state index contributed by atoms with van der Waals surface area (Å²) in [6.45, 7) is 11.0. The van der Waals surface area contributed by atoms with Gasteiger partial charge in [0, 0.05) is 0 Å². The number of ether oxygens (including phenoxy) is 1. The van der Waals surface area contributed by atoms with Crippen LogP contribution in [0.4, 0.5) is 0 Å². The van der Waals surface area contributed by atoms with Crippen molar-refractivity contribution in [2.24, 2.45) is 5.92 Å². The molecule has 0 heterocycles. The van der Waals surface area contributed by atoms with Crippen molar-refractivity contribution in [1.29, 1.82) is 0 Å². The van der Waals surface area contributed by atoms with Crippen molar-refractivity contribution < 1.29 is 9.53 Å². The highest BCUT2D eigenvalue weighted by atomic mass is 35.5. The highest BCUT2D eigenvalue weighted by molar-refractivity contribution is 6.32. The summed E-state index contributed by atoms with van der Waals surface area (Å²) in [6.07, 6.45) is 0. The van der Waals surface area contributed by atoms with Gasteiger partial charge in [0.1, 0.15) is 0 Å². The minimum atomic E-state index is -0.288. The molecule has 0 atom stereocenters. The molecule has 0 aliphatic heterocycles. The Morgan fingerprint density at radius 1 is 1.06 bits per heavy atom. The van der Waals surface area contributed by atoms with Crippen LogP contribution in [-0.4, -0.2) is 5.97 Å². The summed E-state index contributed by atoms with van der Waals surface area (Å²) in [6, 6.07) is 0. The Hall–Kier alpha value is -1.20. The first-order valence-electron chi connectivity index (χ1n) is 5.49. The van der Waals surface area contributed by atoms with Gasteiger partial charge in [-0.1, -0.05) is 25.4 Å². The van der Waals surface area contributed by atoms with Gasteiger partial charge in [-0.25, -0.2) is 0 Å². The van der Waals surface area contributed by atoms with E-state index in [0.717, 1.165) is 11.1 Å². The van der Waals surface area contributed by atoms with Gasteiger partial charge in [-0.3, -0.25) is 4.79 Å². The van der Waals surface area contributed by atoms with Crippen LogP contribution >= 0.6 is 11.6 Å². The Morgan fingerprint density at radius 3 is 1.94 bits per heavy atom. The molecular formula is C14H19ClO2. The van der Waals surface area contributed by atoms with Crippen LogP contribution in [0.15, 0.2) is 21.9 Å². The van der Waals surface area contributed by atoms with Crippen LogP contribution < -0.4 is 0 Å². The van der Waals surface area contributed by atoms with Crippen LogP contribution in [-0.2, 0) is 9.53 Å². The molecule has 0 bridgehead atoms. The minimum absolute atomic E-state index is 0.176. The maximum absolute atomic E-state index is 11.5. The largest absolute Gasteiger partial charge is 0.417 e. The monoisotopic (exact) mass is 254 g/mol. The van der Waals surface area contributed by atoms with E-state index < -0.39 is 0 Å². The van der Waals surface area contributed by atoms with Gasteiger partial charge in [0.15, 0.2) is 5.76 Å². The van der Waals surface area contributed by atoms with Crippen LogP contribution in [0.3, 0.4) is 0 Å². The van der Waals surface area contributed by atoms with E-state index in [1.807, 2.05) is 27.7 Å². The van der Waals surface area contributed by atoms with Crippen LogP contribution in [0.2, 0.25) is 0 Å². The average molecular weight is 255 g/mol. The smallest absolute Gasteiger partial charge is 0.314 e. The first-order chi connectivity index (χ1) is 7.75. The predicted octanol–water partition coefficient (Wildman–Crippen LogP) is 4.02. The first-order valence-corrected chi connectivity index (χ1v) is 5.87. The van der Waals surface area contributed by atoms with E-state index in [1.165, 1.54) is 0 Å². The molecule has 0 unspecified atom stereocenters. The van der Waals surface area contributed by atoms with Gasteiger partial charge in [0.05, 0.1) is 11.0 Å². The number of allylic oxidation sites excluding steroid dienone is 4. The zero-order valence-electron chi connectivity index (χ0n) is 11.3. The molecule has 0 saturated carbocycles. The number of carbonyl (C=O) groups excluding carboxylic acids is 1. The standard InChI is InChI=1S/C14H19ClO2/c1-9(2)12(15)7-8-13(10(3)4)17-14(16)11(5)6/h11H,1-6H3. The van der Waals surface area contributed by atoms with Gasteiger partial charge in [-0.2, -0.15) is 0 Å².